The number of hydrogen-bond donors (Lipinski definition) is 2. The molecule has 1 atom stereocenters. The van der Waals surface area contributed by atoms with Gasteiger partial charge in [-0.2, -0.15) is 13.2 Å². The van der Waals surface area contributed by atoms with Crippen molar-refractivity contribution < 1.29 is 22.7 Å². The number of para-hydroxylation sites is 1. The Morgan fingerprint density at radius 3 is 2.42 bits per heavy atom. The lowest BCUT2D eigenvalue weighted by atomic mass is 10.1. The van der Waals surface area contributed by atoms with E-state index in [1.807, 2.05) is 0 Å². The number of alkyl halides is 3. The highest BCUT2D eigenvalue weighted by atomic mass is 35.5. The topological polar surface area (TPSA) is 63.2 Å². The maximum absolute atomic E-state index is 13.1. The lowest BCUT2D eigenvalue weighted by Gasteiger charge is -2.18. The molecule has 0 fully saturated rings. The van der Waals surface area contributed by atoms with Gasteiger partial charge in [-0.25, -0.2) is 4.98 Å². The molecule has 0 aliphatic rings. The number of benzene rings is 2. The average molecular weight is 470 g/mol. The molecule has 0 bridgehead atoms. The standard InChI is InChI=1S/C21H16Cl2F3N3O2/c1-12(19(30)29-18-5-3-2-4-16(18)21(24,25)26)28-14-6-8-15(9-7-14)31-20-17(23)10-13(22)11-27-20/h2-12,28H,1H3,(H,29,30). The fourth-order valence-corrected chi connectivity index (χ4v) is 3.02. The first kappa shape index (κ1) is 22.7. The van der Waals surface area contributed by atoms with Gasteiger partial charge in [0.05, 0.1) is 16.3 Å². The Morgan fingerprint density at radius 1 is 1.10 bits per heavy atom. The Bertz CT molecular complexity index is 1080. The zero-order chi connectivity index (χ0) is 22.6. The highest BCUT2D eigenvalue weighted by Crippen LogP contribution is 2.34. The van der Waals surface area contributed by atoms with Crippen LogP contribution in [0.1, 0.15) is 12.5 Å². The third-order valence-corrected chi connectivity index (χ3v) is 4.59. The van der Waals surface area contributed by atoms with Crippen LogP contribution < -0.4 is 15.4 Å². The quantitative estimate of drug-likeness (QED) is 0.424. The summed E-state index contributed by atoms with van der Waals surface area (Å²) in [6, 6.07) is 12.0. The van der Waals surface area contributed by atoms with E-state index in [9.17, 15) is 18.0 Å². The van der Waals surface area contributed by atoms with E-state index < -0.39 is 23.7 Å². The van der Waals surface area contributed by atoms with E-state index in [-0.39, 0.29) is 16.6 Å². The monoisotopic (exact) mass is 469 g/mol. The number of pyridine rings is 1. The molecular formula is C21H16Cl2F3N3O2. The normalized spacial score (nSPS) is 12.2. The highest BCUT2D eigenvalue weighted by molar-refractivity contribution is 6.35. The fourth-order valence-electron chi connectivity index (χ4n) is 2.60. The molecule has 2 N–H and O–H groups in total. The molecule has 1 heterocycles. The summed E-state index contributed by atoms with van der Waals surface area (Å²) < 4.78 is 44.8. The van der Waals surface area contributed by atoms with Gasteiger partial charge in [0.2, 0.25) is 11.8 Å². The summed E-state index contributed by atoms with van der Waals surface area (Å²) in [7, 11) is 0. The molecule has 2 aromatic carbocycles. The summed E-state index contributed by atoms with van der Waals surface area (Å²) >= 11 is 11.8. The van der Waals surface area contributed by atoms with Crippen molar-refractivity contribution in [2.24, 2.45) is 0 Å². The van der Waals surface area contributed by atoms with Crippen LogP contribution in [0.2, 0.25) is 10.0 Å². The minimum atomic E-state index is -4.57. The van der Waals surface area contributed by atoms with Crippen molar-refractivity contribution in [1.82, 2.24) is 4.98 Å². The number of hydrogen-bond acceptors (Lipinski definition) is 4. The maximum Gasteiger partial charge on any atom is 0.418 e. The Hall–Kier alpha value is -2.97. The molecule has 1 aromatic heterocycles. The predicted molar refractivity (Wildman–Crippen MR) is 114 cm³/mol. The summed E-state index contributed by atoms with van der Waals surface area (Å²) in [6.07, 6.45) is -3.17. The van der Waals surface area contributed by atoms with E-state index in [4.69, 9.17) is 27.9 Å². The fraction of sp³-hybridized carbons (Fsp3) is 0.143. The molecule has 31 heavy (non-hydrogen) atoms. The first-order valence-electron chi connectivity index (χ1n) is 8.96. The average Bonchev–Trinajstić information content (AvgIpc) is 2.71. The number of amides is 1. The number of anilines is 2. The third kappa shape index (κ3) is 6.02. The molecule has 5 nitrogen and oxygen atoms in total. The Labute approximate surface area is 186 Å². The summed E-state index contributed by atoms with van der Waals surface area (Å²) in [5.74, 6) is 0.00973. The van der Waals surface area contributed by atoms with Crippen molar-refractivity contribution in [3.63, 3.8) is 0 Å². The van der Waals surface area contributed by atoms with Crippen molar-refractivity contribution in [3.8, 4) is 11.6 Å². The van der Waals surface area contributed by atoms with Crippen LogP contribution in [0.3, 0.4) is 0 Å². The number of aromatic nitrogens is 1. The molecule has 3 aromatic rings. The summed E-state index contributed by atoms with van der Waals surface area (Å²) in [6.45, 7) is 1.54. The molecule has 0 spiro atoms. The van der Waals surface area contributed by atoms with Crippen LogP contribution in [0.5, 0.6) is 11.6 Å². The van der Waals surface area contributed by atoms with Crippen LogP contribution in [-0.2, 0) is 11.0 Å². The second-order valence-corrected chi connectivity index (χ2v) is 7.31. The molecule has 0 radical (unpaired) electrons. The molecule has 1 unspecified atom stereocenters. The molecule has 0 saturated heterocycles. The predicted octanol–water partition coefficient (Wildman–Crippen LogP) is 6.64. The van der Waals surface area contributed by atoms with E-state index in [1.54, 1.807) is 24.3 Å². The minimum absolute atomic E-state index is 0.183. The van der Waals surface area contributed by atoms with Crippen LogP contribution in [-0.4, -0.2) is 16.9 Å². The van der Waals surface area contributed by atoms with E-state index in [1.165, 1.54) is 37.4 Å². The number of rotatable bonds is 6. The van der Waals surface area contributed by atoms with Gasteiger partial charge < -0.3 is 15.4 Å². The van der Waals surface area contributed by atoms with Gasteiger partial charge in [0.15, 0.2) is 0 Å². The van der Waals surface area contributed by atoms with Gasteiger partial charge in [0.25, 0.3) is 0 Å². The van der Waals surface area contributed by atoms with Gasteiger partial charge in [0, 0.05) is 11.9 Å². The van der Waals surface area contributed by atoms with Crippen molar-refractivity contribution >= 4 is 40.5 Å². The highest BCUT2D eigenvalue weighted by Gasteiger charge is 2.33. The Morgan fingerprint density at radius 2 is 1.77 bits per heavy atom. The zero-order valence-corrected chi connectivity index (χ0v) is 17.5. The van der Waals surface area contributed by atoms with Gasteiger partial charge in [-0.1, -0.05) is 35.3 Å². The van der Waals surface area contributed by atoms with E-state index in [0.717, 1.165) is 6.07 Å². The molecule has 0 aliphatic heterocycles. The molecule has 0 saturated carbocycles. The van der Waals surface area contributed by atoms with Crippen LogP contribution >= 0.6 is 23.2 Å². The van der Waals surface area contributed by atoms with Gasteiger partial charge in [0.1, 0.15) is 16.8 Å². The smallest absolute Gasteiger partial charge is 0.418 e. The summed E-state index contributed by atoms with van der Waals surface area (Å²) in [5.41, 5.74) is -0.648. The lowest BCUT2D eigenvalue weighted by Crippen LogP contribution is -2.32. The van der Waals surface area contributed by atoms with Crippen LogP contribution in [0.25, 0.3) is 0 Å². The summed E-state index contributed by atoms with van der Waals surface area (Å²) in [5, 5.41) is 5.86. The first-order chi connectivity index (χ1) is 14.6. The number of carbonyl (C=O) groups is 1. The van der Waals surface area contributed by atoms with Gasteiger partial charge in [-0.15, -0.1) is 0 Å². The molecular weight excluding hydrogens is 454 g/mol. The van der Waals surface area contributed by atoms with Crippen LogP contribution in [0, 0.1) is 0 Å². The number of nitrogens with zero attached hydrogens (tertiary/aromatic N) is 1. The summed E-state index contributed by atoms with van der Waals surface area (Å²) in [4.78, 5) is 16.4. The number of ether oxygens (including phenoxy) is 1. The Balaban J connectivity index is 1.63. The molecule has 3 rings (SSSR count). The number of nitrogens with one attached hydrogen (secondary N) is 2. The lowest BCUT2D eigenvalue weighted by molar-refractivity contribution is -0.137. The van der Waals surface area contributed by atoms with Crippen LogP contribution in [0.15, 0.2) is 60.8 Å². The van der Waals surface area contributed by atoms with E-state index >= 15 is 0 Å². The molecule has 0 aliphatic carbocycles. The van der Waals surface area contributed by atoms with Crippen molar-refractivity contribution in [1.29, 1.82) is 0 Å². The maximum atomic E-state index is 13.1. The molecule has 162 valence electrons. The Kier molecular flexibility index (Phi) is 6.92. The zero-order valence-electron chi connectivity index (χ0n) is 16.0. The van der Waals surface area contributed by atoms with Gasteiger partial charge >= 0.3 is 6.18 Å². The van der Waals surface area contributed by atoms with Crippen molar-refractivity contribution in [2.75, 3.05) is 10.6 Å². The molecule has 10 heteroatoms. The second-order valence-electron chi connectivity index (χ2n) is 6.47. The second kappa shape index (κ2) is 9.45. The van der Waals surface area contributed by atoms with Crippen molar-refractivity contribution in [3.05, 3.63) is 76.4 Å². The largest absolute Gasteiger partial charge is 0.438 e. The molecule has 1 amide bonds. The van der Waals surface area contributed by atoms with Gasteiger partial charge in [-0.05, 0) is 49.4 Å². The first-order valence-corrected chi connectivity index (χ1v) is 9.71. The van der Waals surface area contributed by atoms with E-state index in [2.05, 4.69) is 15.6 Å². The number of halogens is 5. The SMILES string of the molecule is CC(Nc1ccc(Oc2ncc(Cl)cc2Cl)cc1)C(=O)Nc1ccccc1C(F)(F)F. The van der Waals surface area contributed by atoms with Crippen LogP contribution in [0.4, 0.5) is 24.5 Å². The van der Waals surface area contributed by atoms with E-state index in [0.29, 0.717) is 16.5 Å². The van der Waals surface area contributed by atoms with Crippen molar-refractivity contribution in [2.45, 2.75) is 19.1 Å². The number of carbonyl (C=O) groups excluding carboxylic acids is 1. The third-order valence-electron chi connectivity index (χ3n) is 4.11. The minimum Gasteiger partial charge on any atom is -0.438 e. The van der Waals surface area contributed by atoms with Gasteiger partial charge in [-0.3, -0.25) is 4.79 Å².